The van der Waals surface area contributed by atoms with E-state index < -0.39 is 0 Å². The van der Waals surface area contributed by atoms with E-state index in [0.717, 1.165) is 35.5 Å². The maximum Gasteiger partial charge on any atom is 0.258 e. The summed E-state index contributed by atoms with van der Waals surface area (Å²) in [5.74, 6) is 0.268. The summed E-state index contributed by atoms with van der Waals surface area (Å²) in [6, 6.07) is 15.5. The number of carbonyl (C=O) groups is 1. The topological polar surface area (TPSA) is 71.3 Å². The molecule has 6 heteroatoms. The van der Waals surface area contributed by atoms with Gasteiger partial charge in [0, 0.05) is 30.0 Å². The van der Waals surface area contributed by atoms with Crippen molar-refractivity contribution in [3.8, 4) is 0 Å². The smallest absolute Gasteiger partial charge is 0.258 e. The second-order valence-electron chi connectivity index (χ2n) is 7.65. The lowest BCUT2D eigenvalue weighted by Gasteiger charge is -2.14. The van der Waals surface area contributed by atoms with Gasteiger partial charge < -0.3 is 5.32 Å². The van der Waals surface area contributed by atoms with Gasteiger partial charge in [-0.25, -0.2) is 0 Å². The van der Waals surface area contributed by atoms with Crippen molar-refractivity contribution in [1.29, 1.82) is 0 Å². The molecule has 1 heterocycles. The minimum absolute atomic E-state index is 0.177. The summed E-state index contributed by atoms with van der Waals surface area (Å²) in [5.41, 5.74) is 6.98. The highest BCUT2D eigenvalue weighted by Crippen LogP contribution is 2.15. The third-order valence-electron chi connectivity index (χ3n) is 5.48. The fraction of sp³-hybridized carbons (Fsp3) is 0.320. The van der Waals surface area contributed by atoms with Crippen molar-refractivity contribution in [2.24, 2.45) is 4.99 Å². The van der Waals surface area contributed by atoms with Gasteiger partial charge in [-0.3, -0.25) is 19.8 Å². The number of amides is 1. The van der Waals surface area contributed by atoms with Crippen molar-refractivity contribution < 1.29 is 4.79 Å². The Morgan fingerprint density at radius 1 is 1.00 bits per heavy atom. The maximum atomic E-state index is 12.9. The Bertz CT molecular complexity index is 1100. The number of benzene rings is 2. The van der Waals surface area contributed by atoms with E-state index in [0.29, 0.717) is 18.1 Å². The fourth-order valence-corrected chi connectivity index (χ4v) is 3.64. The molecule has 0 aliphatic carbocycles. The molecule has 3 rings (SSSR count). The van der Waals surface area contributed by atoms with E-state index >= 15 is 0 Å². The Kier molecular flexibility index (Phi) is 7.23. The second kappa shape index (κ2) is 10.1. The standard InChI is InChI=1S/C25H31N5O/c1-6-30-20(5)22(19(4)29-30)15-16-26-25(27-23-14-10-8-12-18(23)3)28-24(31)21-13-9-7-11-17(21)2/h7-14H,6,15-16H2,1-5H3,(H2,26,27,28,31). The molecule has 0 radical (unpaired) electrons. The van der Waals surface area contributed by atoms with Crippen molar-refractivity contribution in [2.75, 3.05) is 11.9 Å². The van der Waals surface area contributed by atoms with Crippen LogP contribution in [0.25, 0.3) is 0 Å². The molecule has 0 aliphatic heterocycles. The molecule has 0 unspecified atom stereocenters. The first kappa shape index (κ1) is 22.3. The largest absolute Gasteiger partial charge is 0.326 e. The molecule has 0 spiro atoms. The van der Waals surface area contributed by atoms with Crippen LogP contribution in [0.4, 0.5) is 5.69 Å². The molecule has 0 saturated carbocycles. The minimum atomic E-state index is -0.177. The molecule has 2 N–H and O–H groups in total. The monoisotopic (exact) mass is 417 g/mol. The first-order chi connectivity index (χ1) is 14.9. The molecule has 0 saturated heterocycles. The summed E-state index contributed by atoms with van der Waals surface area (Å²) in [5, 5.41) is 10.8. The van der Waals surface area contributed by atoms with Gasteiger partial charge in [-0.1, -0.05) is 36.4 Å². The maximum absolute atomic E-state index is 12.9. The molecule has 1 amide bonds. The zero-order valence-electron chi connectivity index (χ0n) is 19.0. The average Bonchev–Trinajstić information content (AvgIpc) is 3.03. The Hall–Kier alpha value is -3.41. The van der Waals surface area contributed by atoms with Crippen LogP contribution in [0.1, 0.15) is 45.4 Å². The van der Waals surface area contributed by atoms with E-state index in [1.54, 1.807) is 0 Å². The van der Waals surface area contributed by atoms with Crippen LogP contribution < -0.4 is 10.6 Å². The predicted molar refractivity (Wildman–Crippen MR) is 127 cm³/mol. The number of aliphatic imine (C=N–C) groups is 1. The lowest BCUT2D eigenvalue weighted by atomic mass is 10.1. The molecule has 0 atom stereocenters. The number of guanidine groups is 1. The molecule has 6 nitrogen and oxygen atoms in total. The lowest BCUT2D eigenvalue weighted by Crippen LogP contribution is -2.36. The minimum Gasteiger partial charge on any atom is -0.326 e. The van der Waals surface area contributed by atoms with Crippen LogP contribution in [0.3, 0.4) is 0 Å². The van der Waals surface area contributed by atoms with Gasteiger partial charge in [0.25, 0.3) is 5.91 Å². The second-order valence-corrected chi connectivity index (χ2v) is 7.65. The molecule has 0 fully saturated rings. The van der Waals surface area contributed by atoms with Crippen molar-refractivity contribution >= 4 is 17.6 Å². The van der Waals surface area contributed by atoms with Gasteiger partial charge in [0.05, 0.1) is 5.69 Å². The van der Waals surface area contributed by atoms with Crippen LogP contribution in [0.2, 0.25) is 0 Å². The predicted octanol–water partition coefficient (Wildman–Crippen LogP) is 4.58. The van der Waals surface area contributed by atoms with Crippen LogP contribution in [0.5, 0.6) is 0 Å². The first-order valence-electron chi connectivity index (χ1n) is 10.7. The summed E-state index contributed by atoms with van der Waals surface area (Å²) in [4.78, 5) is 17.6. The zero-order valence-corrected chi connectivity index (χ0v) is 19.0. The normalized spacial score (nSPS) is 11.5. The molecule has 0 aliphatic rings. The van der Waals surface area contributed by atoms with Crippen molar-refractivity contribution in [3.05, 3.63) is 82.2 Å². The summed E-state index contributed by atoms with van der Waals surface area (Å²) in [7, 11) is 0. The van der Waals surface area contributed by atoms with E-state index in [1.807, 2.05) is 74.0 Å². The number of para-hydroxylation sites is 1. The van der Waals surface area contributed by atoms with Crippen molar-refractivity contribution in [1.82, 2.24) is 15.1 Å². The summed E-state index contributed by atoms with van der Waals surface area (Å²) < 4.78 is 2.01. The van der Waals surface area contributed by atoms with Gasteiger partial charge >= 0.3 is 0 Å². The number of hydrogen-bond donors (Lipinski definition) is 2. The molecular weight excluding hydrogens is 386 g/mol. The van der Waals surface area contributed by atoms with Crippen molar-refractivity contribution in [3.63, 3.8) is 0 Å². The summed E-state index contributed by atoms with van der Waals surface area (Å²) in [6.45, 7) is 11.6. The molecule has 1 aromatic heterocycles. The lowest BCUT2D eigenvalue weighted by molar-refractivity contribution is 0.0976. The van der Waals surface area contributed by atoms with Crippen LogP contribution in [0.15, 0.2) is 53.5 Å². The Balaban J connectivity index is 1.81. The number of aromatic nitrogens is 2. The van der Waals surface area contributed by atoms with Gasteiger partial charge in [-0.2, -0.15) is 5.10 Å². The van der Waals surface area contributed by atoms with Gasteiger partial charge in [0.1, 0.15) is 0 Å². The molecule has 0 bridgehead atoms. The Morgan fingerprint density at radius 3 is 2.32 bits per heavy atom. The number of hydrogen-bond acceptors (Lipinski definition) is 3. The molecule has 2 aromatic carbocycles. The number of aryl methyl sites for hydroxylation is 4. The third-order valence-corrected chi connectivity index (χ3v) is 5.48. The van der Waals surface area contributed by atoms with E-state index in [2.05, 4.69) is 29.6 Å². The highest BCUT2D eigenvalue weighted by molar-refractivity contribution is 6.10. The summed E-state index contributed by atoms with van der Waals surface area (Å²) in [6.07, 6.45) is 0.761. The highest BCUT2D eigenvalue weighted by Gasteiger charge is 2.13. The number of anilines is 1. The number of nitrogens with one attached hydrogen (secondary N) is 2. The van der Waals surface area contributed by atoms with E-state index in [-0.39, 0.29) is 5.91 Å². The molecule has 3 aromatic rings. The Morgan fingerprint density at radius 2 is 1.68 bits per heavy atom. The van der Waals surface area contributed by atoms with Crippen LogP contribution >= 0.6 is 0 Å². The van der Waals surface area contributed by atoms with Gasteiger partial charge in [-0.05, 0) is 69.9 Å². The fourth-order valence-electron chi connectivity index (χ4n) is 3.64. The number of rotatable bonds is 6. The zero-order chi connectivity index (χ0) is 22.4. The quantitative estimate of drug-likeness (QED) is 0.456. The molecular formula is C25H31N5O. The van der Waals surface area contributed by atoms with E-state index in [9.17, 15) is 4.79 Å². The van der Waals surface area contributed by atoms with E-state index in [4.69, 9.17) is 4.99 Å². The molecule has 31 heavy (non-hydrogen) atoms. The first-order valence-corrected chi connectivity index (χ1v) is 10.7. The summed E-state index contributed by atoms with van der Waals surface area (Å²) >= 11 is 0. The SMILES string of the molecule is CCn1nc(C)c(CCN=C(NC(=O)c2ccccc2C)Nc2ccccc2C)c1C. The van der Waals surface area contributed by atoms with Crippen LogP contribution in [0, 0.1) is 27.7 Å². The number of carbonyl (C=O) groups excluding carboxylic acids is 1. The van der Waals surface area contributed by atoms with Gasteiger partial charge in [0.2, 0.25) is 5.96 Å². The number of nitrogens with zero attached hydrogens (tertiary/aromatic N) is 3. The van der Waals surface area contributed by atoms with Crippen molar-refractivity contribution in [2.45, 2.75) is 47.6 Å². The third kappa shape index (κ3) is 5.40. The van der Waals surface area contributed by atoms with Crippen LogP contribution in [-0.4, -0.2) is 28.2 Å². The van der Waals surface area contributed by atoms with Crippen LogP contribution in [-0.2, 0) is 13.0 Å². The average molecular weight is 418 g/mol. The van der Waals surface area contributed by atoms with Gasteiger partial charge in [-0.15, -0.1) is 0 Å². The highest BCUT2D eigenvalue weighted by atomic mass is 16.1. The molecule has 162 valence electrons. The Labute approximate surface area is 184 Å². The van der Waals surface area contributed by atoms with Gasteiger partial charge in [0.15, 0.2) is 0 Å². The van der Waals surface area contributed by atoms with E-state index in [1.165, 1.54) is 11.3 Å².